The summed E-state index contributed by atoms with van der Waals surface area (Å²) in [6, 6.07) is 0.593. The van der Waals surface area contributed by atoms with Crippen LogP contribution in [0.5, 0.6) is 0 Å². The number of carbonyl (C=O) groups is 1. The van der Waals surface area contributed by atoms with Crippen LogP contribution in [0.3, 0.4) is 0 Å². The van der Waals surface area contributed by atoms with E-state index in [-0.39, 0.29) is 12.7 Å². The van der Waals surface area contributed by atoms with Crippen LogP contribution in [0.4, 0.5) is 0 Å². The summed E-state index contributed by atoms with van der Waals surface area (Å²) in [5, 5.41) is 16.3. The summed E-state index contributed by atoms with van der Waals surface area (Å²) in [6.45, 7) is 0. The largest absolute Gasteiger partial charge is 0.391 e. The molecular weight excluding hydrogens is 115 g/mol. The first kappa shape index (κ1) is 7.02. The molecule has 0 fully saturated rings. The lowest BCUT2D eigenvalue weighted by Crippen LogP contribution is -1.86. The van der Waals surface area contributed by atoms with Gasteiger partial charge in [0.05, 0.1) is 12.7 Å². The van der Waals surface area contributed by atoms with Crippen molar-refractivity contribution in [3.05, 3.63) is 0 Å². The first-order valence-electron chi connectivity index (χ1n) is 1.76. The van der Waals surface area contributed by atoms with Gasteiger partial charge in [0.1, 0.15) is 6.03 Å². The molecule has 0 aromatic rings. The third-order valence-corrected chi connectivity index (χ3v) is 1.54. The zero-order chi connectivity index (χ0) is 5.70. The van der Waals surface area contributed by atoms with Crippen LogP contribution in [0.1, 0.15) is 0 Å². The fourth-order valence-electron chi connectivity index (χ4n) is 0.111. The molecular formula is C3H7O3P. The van der Waals surface area contributed by atoms with Crippen LogP contribution < -0.4 is 0 Å². The van der Waals surface area contributed by atoms with Gasteiger partial charge in [-0.25, -0.2) is 0 Å². The Labute approximate surface area is 42.7 Å². The molecule has 0 radical (unpaired) electrons. The van der Waals surface area contributed by atoms with Crippen LogP contribution in [0, 0.1) is 0 Å². The van der Waals surface area contributed by atoms with Crippen molar-refractivity contribution in [3.8, 4) is 0 Å². The van der Waals surface area contributed by atoms with Crippen molar-refractivity contribution in [3.63, 3.8) is 0 Å². The topological polar surface area (TPSA) is 57.5 Å². The van der Waals surface area contributed by atoms with Crippen molar-refractivity contribution in [2.45, 2.75) is 0 Å². The second-order valence-corrected chi connectivity index (χ2v) is 2.93. The molecule has 2 N–H and O–H groups in total. The van der Waals surface area contributed by atoms with Crippen molar-refractivity contribution >= 4 is 13.9 Å². The predicted octanol–water partition coefficient (Wildman–Crippen LogP) is -0.442. The van der Waals surface area contributed by atoms with Crippen LogP contribution in [0.25, 0.3) is 0 Å². The molecule has 0 rings (SSSR count). The van der Waals surface area contributed by atoms with E-state index in [4.69, 9.17) is 10.2 Å². The van der Waals surface area contributed by atoms with Gasteiger partial charge in [-0.1, -0.05) is 0 Å². The van der Waals surface area contributed by atoms with Crippen molar-refractivity contribution in [2.75, 3.05) is 12.7 Å². The first-order valence-corrected chi connectivity index (χ1v) is 3.54. The van der Waals surface area contributed by atoms with Gasteiger partial charge in [-0.15, -0.1) is 0 Å². The number of aliphatic hydroxyl groups excluding tert-OH is 2. The fraction of sp³-hybridized carbons (Fsp3) is 0.667. The Morgan fingerprint density at radius 1 is 1.43 bits per heavy atom. The van der Waals surface area contributed by atoms with E-state index in [1.54, 1.807) is 0 Å². The van der Waals surface area contributed by atoms with Gasteiger partial charge in [0, 0.05) is 7.92 Å². The van der Waals surface area contributed by atoms with E-state index >= 15 is 0 Å². The zero-order valence-electron chi connectivity index (χ0n) is 3.74. The van der Waals surface area contributed by atoms with Gasteiger partial charge in [-0.2, -0.15) is 0 Å². The van der Waals surface area contributed by atoms with Crippen molar-refractivity contribution in [1.82, 2.24) is 0 Å². The highest BCUT2D eigenvalue weighted by Gasteiger charge is 1.98. The third-order valence-electron chi connectivity index (χ3n) is 0.512. The number of hydrogen-bond donors (Lipinski definition) is 2. The quantitative estimate of drug-likeness (QED) is 0.394. The van der Waals surface area contributed by atoms with Crippen molar-refractivity contribution in [1.29, 1.82) is 0 Å². The van der Waals surface area contributed by atoms with Crippen LogP contribution >= 0.6 is 7.92 Å². The number of hydrogen-bond acceptors (Lipinski definition) is 3. The van der Waals surface area contributed by atoms with Crippen molar-refractivity contribution < 1.29 is 15.0 Å². The lowest BCUT2D eigenvalue weighted by Gasteiger charge is -1.96. The lowest BCUT2D eigenvalue weighted by atomic mass is 11.7. The van der Waals surface area contributed by atoms with Gasteiger partial charge in [-0.3, -0.25) is 4.79 Å². The Morgan fingerprint density at radius 2 is 1.86 bits per heavy atom. The van der Waals surface area contributed by atoms with E-state index in [1.165, 1.54) is 0 Å². The number of aliphatic hydroxyl groups is 2. The van der Waals surface area contributed by atoms with Crippen LogP contribution in [0.2, 0.25) is 0 Å². The molecule has 3 nitrogen and oxygen atoms in total. The number of carbonyl (C=O) groups excluding carboxylic acids is 1. The van der Waals surface area contributed by atoms with Gasteiger partial charge in [-0.05, 0) is 0 Å². The van der Waals surface area contributed by atoms with E-state index in [2.05, 4.69) is 0 Å². The van der Waals surface area contributed by atoms with Gasteiger partial charge < -0.3 is 10.2 Å². The van der Waals surface area contributed by atoms with Crippen LogP contribution in [0.15, 0.2) is 0 Å². The normalized spacial score (nSPS) is 9.57. The molecule has 0 aromatic heterocycles. The summed E-state index contributed by atoms with van der Waals surface area (Å²) in [5.41, 5.74) is 0. The maximum atomic E-state index is 9.68. The fourth-order valence-corrected chi connectivity index (χ4v) is 0.334. The maximum absolute atomic E-state index is 9.68. The monoisotopic (exact) mass is 122 g/mol. The molecule has 0 unspecified atom stereocenters. The Morgan fingerprint density at radius 3 is 1.86 bits per heavy atom. The molecule has 0 amide bonds. The minimum Gasteiger partial charge on any atom is -0.391 e. The molecule has 0 atom stereocenters. The van der Waals surface area contributed by atoms with E-state index in [0.717, 1.165) is 0 Å². The Bertz CT molecular complexity index is 52.1. The average molecular weight is 122 g/mol. The van der Waals surface area contributed by atoms with Crippen LogP contribution in [-0.2, 0) is 4.79 Å². The average Bonchev–Trinajstić information content (AvgIpc) is 1.72. The third kappa shape index (κ3) is 2.68. The summed E-state index contributed by atoms with van der Waals surface area (Å²) < 4.78 is 0. The molecule has 0 saturated heterocycles. The molecule has 42 valence electrons. The molecule has 7 heavy (non-hydrogen) atoms. The second-order valence-electron chi connectivity index (χ2n) is 0.977. The second kappa shape index (κ2) is 4.19. The highest BCUT2D eigenvalue weighted by Crippen LogP contribution is 2.26. The van der Waals surface area contributed by atoms with E-state index in [1.807, 2.05) is 0 Å². The van der Waals surface area contributed by atoms with Gasteiger partial charge in [0.2, 0.25) is 0 Å². The summed E-state index contributed by atoms with van der Waals surface area (Å²) in [5.74, 6) is 0. The van der Waals surface area contributed by atoms with Crippen LogP contribution in [-0.4, -0.2) is 28.9 Å². The summed E-state index contributed by atoms with van der Waals surface area (Å²) in [4.78, 5) is 9.68. The van der Waals surface area contributed by atoms with E-state index < -0.39 is 7.92 Å². The molecule has 0 aliphatic heterocycles. The van der Waals surface area contributed by atoms with Gasteiger partial charge >= 0.3 is 0 Å². The Balaban J connectivity index is 3.16. The van der Waals surface area contributed by atoms with Gasteiger partial charge in [0.25, 0.3) is 0 Å². The Kier molecular flexibility index (Phi) is 4.20. The highest BCUT2D eigenvalue weighted by atomic mass is 31.1. The summed E-state index contributed by atoms with van der Waals surface area (Å²) in [7, 11) is -1.12. The van der Waals surface area contributed by atoms with E-state index in [0.29, 0.717) is 6.03 Å². The molecule has 0 aliphatic carbocycles. The molecule has 0 bridgehead atoms. The SMILES string of the molecule is O=CP(CO)CO. The lowest BCUT2D eigenvalue weighted by molar-refractivity contribution is 0.346. The summed E-state index contributed by atoms with van der Waals surface area (Å²) in [6.07, 6.45) is -0.398. The van der Waals surface area contributed by atoms with Gasteiger partial charge in [0.15, 0.2) is 0 Å². The minimum atomic E-state index is -1.12. The first-order chi connectivity index (χ1) is 3.35. The maximum Gasteiger partial charge on any atom is 0.146 e. The highest BCUT2D eigenvalue weighted by molar-refractivity contribution is 7.72. The molecule has 0 aliphatic rings. The minimum absolute atomic E-state index is 0.199. The van der Waals surface area contributed by atoms with Crippen molar-refractivity contribution in [2.24, 2.45) is 0 Å². The number of rotatable bonds is 3. The molecule has 0 spiro atoms. The molecule has 0 aromatic carbocycles. The predicted molar refractivity (Wildman–Crippen MR) is 27.8 cm³/mol. The molecule has 4 heteroatoms. The molecule has 0 saturated carbocycles. The standard InChI is InChI=1S/C3H7O3P/c4-1-7(2-5)3-6/h1,5-6H,2-3H2. The van der Waals surface area contributed by atoms with E-state index in [9.17, 15) is 4.79 Å². The zero-order valence-corrected chi connectivity index (χ0v) is 4.64. The molecule has 0 heterocycles. The Hall–Kier alpha value is 0.0200. The smallest absolute Gasteiger partial charge is 0.146 e. The summed E-state index contributed by atoms with van der Waals surface area (Å²) >= 11 is 0.